The van der Waals surface area contributed by atoms with Gasteiger partial charge in [-0.3, -0.25) is 18.7 Å². The minimum atomic E-state index is -0.0522. The van der Waals surface area contributed by atoms with Crippen LogP contribution in [0.1, 0.15) is 54.1 Å². The van der Waals surface area contributed by atoms with Crippen LogP contribution in [-0.2, 0) is 17.9 Å². The molecule has 3 aromatic rings. The monoisotopic (exact) mass is 447 g/mol. The largest absolute Gasteiger partial charge is 0.343 e. The number of aromatic nitrogens is 2. The molecule has 1 saturated heterocycles. The molecular weight excluding hydrogens is 414 g/mol. The Morgan fingerprint density at radius 1 is 0.939 bits per heavy atom. The van der Waals surface area contributed by atoms with Crippen LogP contribution in [0.15, 0.2) is 47.3 Å². The van der Waals surface area contributed by atoms with Crippen molar-refractivity contribution in [2.24, 2.45) is 5.92 Å². The number of likely N-dealkylation sites (tertiary alicyclic amines) is 1. The van der Waals surface area contributed by atoms with Crippen molar-refractivity contribution < 1.29 is 9.59 Å². The maximum absolute atomic E-state index is 13.0. The molecular formula is C27H33N3O3. The minimum Gasteiger partial charge on any atom is -0.343 e. The number of hydrogen-bond donors (Lipinski definition) is 0. The van der Waals surface area contributed by atoms with E-state index < -0.39 is 0 Å². The highest BCUT2D eigenvalue weighted by Crippen LogP contribution is 2.24. The van der Waals surface area contributed by atoms with Gasteiger partial charge in [-0.25, -0.2) is 4.79 Å². The van der Waals surface area contributed by atoms with Crippen molar-refractivity contribution in [1.29, 1.82) is 0 Å². The molecule has 0 aliphatic carbocycles. The molecule has 1 aromatic heterocycles. The van der Waals surface area contributed by atoms with Gasteiger partial charge in [0.2, 0.25) is 5.91 Å². The van der Waals surface area contributed by atoms with Gasteiger partial charge in [-0.05, 0) is 50.8 Å². The van der Waals surface area contributed by atoms with Crippen LogP contribution in [0.4, 0.5) is 0 Å². The summed E-state index contributed by atoms with van der Waals surface area (Å²) >= 11 is 0. The molecule has 1 aliphatic rings. The summed E-state index contributed by atoms with van der Waals surface area (Å²) in [6.45, 7) is 8.29. The highest BCUT2D eigenvalue weighted by molar-refractivity contribution is 5.99. The maximum Gasteiger partial charge on any atom is 0.329 e. The number of ketones is 1. The molecule has 6 nitrogen and oxygen atoms in total. The second-order valence-corrected chi connectivity index (χ2v) is 9.16. The molecule has 1 amide bonds. The van der Waals surface area contributed by atoms with Crippen molar-refractivity contribution in [3.8, 4) is 0 Å². The number of hydrogen-bond acceptors (Lipinski definition) is 3. The van der Waals surface area contributed by atoms with Crippen molar-refractivity contribution in [2.45, 2.75) is 59.5 Å². The van der Waals surface area contributed by atoms with Gasteiger partial charge < -0.3 is 4.90 Å². The number of carbonyl (C=O) groups excluding carboxylic acids is 2. The molecule has 0 atom stereocenters. The summed E-state index contributed by atoms with van der Waals surface area (Å²) in [6, 6.07) is 13.7. The molecule has 1 aliphatic heterocycles. The second kappa shape index (κ2) is 9.77. The molecule has 4 rings (SSSR count). The molecule has 174 valence electrons. The van der Waals surface area contributed by atoms with Crippen molar-refractivity contribution in [3.63, 3.8) is 0 Å². The van der Waals surface area contributed by atoms with E-state index in [-0.39, 0.29) is 29.7 Å². The van der Waals surface area contributed by atoms with E-state index in [1.165, 1.54) is 0 Å². The molecule has 0 radical (unpaired) electrons. The van der Waals surface area contributed by atoms with Crippen LogP contribution in [0.5, 0.6) is 0 Å². The van der Waals surface area contributed by atoms with Gasteiger partial charge in [-0.15, -0.1) is 0 Å². The Morgan fingerprint density at radius 3 is 2.18 bits per heavy atom. The number of amides is 1. The molecule has 1 fully saturated rings. The molecule has 2 heterocycles. The Bertz CT molecular complexity index is 1230. The van der Waals surface area contributed by atoms with Gasteiger partial charge in [0, 0.05) is 44.1 Å². The van der Waals surface area contributed by atoms with Crippen LogP contribution in [0.3, 0.4) is 0 Å². The smallest absolute Gasteiger partial charge is 0.329 e. The van der Waals surface area contributed by atoms with Crippen molar-refractivity contribution in [2.75, 3.05) is 13.1 Å². The molecule has 0 saturated carbocycles. The normalized spacial score (nSPS) is 14.7. The lowest BCUT2D eigenvalue weighted by Crippen LogP contribution is -2.41. The fourth-order valence-corrected chi connectivity index (χ4v) is 4.99. The van der Waals surface area contributed by atoms with Crippen LogP contribution in [0.25, 0.3) is 11.0 Å². The Hall–Kier alpha value is -3.15. The first-order valence-electron chi connectivity index (χ1n) is 12.0. The first-order valence-corrected chi connectivity index (χ1v) is 12.0. The second-order valence-electron chi connectivity index (χ2n) is 9.16. The topological polar surface area (TPSA) is 64.3 Å². The Kier molecular flexibility index (Phi) is 6.82. The van der Waals surface area contributed by atoms with E-state index in [0.717, 1.165) is 34.1 Å². The number of nitrogens with zero attached hydrogens (tertiary/aromatic N) is 3. The summed E-state index contributed by atoms with van der Waals surface area (Å²) in [5.41, 5.74) is 4.72. The zero-order valence-corrected chi connectivity index (χ0v) is 19.8. The molecule has 0 spiro atoms. The first-order chi connectivity index (χ1) is 15.9. The van der Waals surface area contributed by atoms with Gasteiger partial charge in [0.1, 0.15) is 0 Å². The number of carbonyl (C=O) groups is 2. The summed E-state index contributed by atoms with van der Waals surface area (Å²) < 4.78 is 3.52. The third kappa shape index (κ3) is 4.65. The SMILES string of the molecule is CCCn1c(=O)n(CCC(=O)N2CCC(C(=O)c3ccc(C)cc3C)CC2)c2ccccc21. The quantitative estimate of drug-likeness (QED) is 0.506. The maximum atomic E-state index is 13.0. The highest BCUT2D eigenvalue weighted by atomic mass is 16.2. The van der Waals surface area contributed by atoms with E-state index >= 15 is 0 Å². The molecule has 0 bridgehead atoms. The number of benzene rings is 2. The summed E-state index contributed by atoms with van der Waals surface area (Å²) in [5, 5.41) is 0. The summed E-state index contributed by atoms with van der Waals surface area (Å²) in [4.78, 5) is 40.7. The Labute approximate surface area is 194 Å². The summed E-state index contributed by atoms with van der Waals surface area (Å²) in [6.07, 6.45) is 2.54. The fourth-order valence-electron chi connectivity index (χ4n) is 4.99. The van der Waals surface area contributed by atoms with Crippen LogP contribution in [-0.4, -0.2) is 38.8 Å². The predicted octanol–water partition coefficient (Wildman–Crippen LogP) is 4.34. The van der Waals surface area contributed by atoms with E-state index in [2.05, 4.69) is 6.92 Å². The minimum absolute atomic E-state index is 0.0369. The summed E-state index contributed by atoms with van der Waals surface area (Å²) in [5.74, 6) is 0.201. The van der Waals surface area contributed by atoms with Crippen LogP contribution in [0, 0.1) is 19.8 Å². The van der Waals surface area contributed by atoms with Crippen LogP contribution >= 0.6 is 0 Å². The van der Waals surface area contributed by atoms with Gasteiger partial charge in [0.15, 0.2) is 5.78 Å². The molecule has 6 heteroatoms. The highest BCUT2D eigenvalue weighted by Gasteiger charge is 2.28. The van der Waals surface area contributed by atoms with Crippen molar-refractivity contribution >= 4 is 22.7 Å². The Balaban J connectivity index is 1.38. The van der Waals surface area contributed by atoms with Crippen LogP contribution < -0.4 is 5.69 Å². The van der Waals surface area contributed by atoms with Gasteiger partial charge in [-0.2, -0.15) is 0 Å². The number of para-hydroxylation sites is 2. The number of rotatable bonds is 7. The standard InChI is InChI=1S/C27H33N3O3/c1-4-14-29-23-7-5-6-8-24(23)30(27(29)33)17-13-25(31)28-15-11-21(12-16-28)26(32)22-10-9-19(2)18-20(22)3/h5-10,18,21H,4,11-17H2,1-3H3. The van der Waals surface area contributed by atoms with Gasteiger partial charge in [0.25, 0.3) is 0 Å². The number of imidazole rings is 1. The van der Waals surface area contributed by atoms with Gasteiger partial charge in [-0.1, -0.05) is 42.8 Å². The lowest BCUT2D eigenvalue weighted by Gasteiger charge is -2.31. The van der Waals surface area contributed by atoms with Crippen LogP contribution in [0.2, 0.25) is 0 Å². The van der Waals surface area contributed by atoms with E-state index in [0.29, 0.717) is 39.0 Å². The Morgan fingerprint density at radius 2 is 1.58 bits per heavy atom. The zero-order valence-electron chi connectivity index (χ0n) is 19.8. The number of fused-ring (bicyclic) bond motifs is 1. The van der Waals surface area contributed by atoms with Crippen molar-refractivity contribution in [1.82, 2.24) is 14.0 Å². The fraction of sp³-hybridized carbons (Fsp3) is 0.444. The van der Waals surface area contributed by atoms with Crippen molar-refractivity contribution in [3.05, 3.63) is 69.6 Å². The third-order valence-corrected chi connectivity index (χ3v) is 6.79. The number of Topliss-reactive ketones (excluding diaryl/α,β-unsaturated/α-hetero) is 1. The van der Waals surface area contributed by atoms with E-state index in [9.17, 15) is 14.4 Å². The average Bonchev–Trinajstić information content (AvgIpc) is 3.08. The lowest BCUT2D eigenvalue weighted by atomic mass is 9.87. The molecule has 0 unspecified atom stereocenters. The summed E-state index contributed by atoms with van der Waals surface area (Å²) in [7, 11) is 0. The lowest BCUT2D eigenvalue weighted by molar-refractivity contribution is -0.132. The van der Waals surface area contributed by atoms with E-state index in [1.54, 1.807) is 9.13 Å². The van der Waals surface area contributed by atoms with Gasteiger partial charge >= 0.3 is 5.69 Å². The zero-order chi connectivity index (χ0) is 23.5. The number of aryl methyl sites for hydroxylation is 4. The molecule has 33 heavy (non-hydrogen) atoms. The number of piperidine rings is 1. The molecule has 0 N–H and O–H groups in total. The first kappa shape index (κ1) is 23.0. The average molecular weight is 448 g/mol. The van der Waals surface area contributed by atoms with Gasteiger partial charge in [0.05, 0.1) is 11.0 Å². The van der Waals surface area contributed by atoms with E-state index in [4.69, 9.17) is 0 Å². The predicted molar refractivity (Wildman–Crippen MR) is 131 cm³/mol. The third-order valence-electron chi connectivity index (χ3n) is 6.79. The molecule has 2 aromatic carbocycles. The van der Waals surface area contributed by atoms with E-state index in [1.807, 2.05) is 61.2 Å².